The third kappa shape index (κ3) is 4.15. The van der Waals surface area contributed by atoms with E-state index in [1.165, 1.54) is 12.8 Å². The van der Waals surface area contributed by atoms with E-state index in [-0.39, 0.29) is 11.8 Å². The van der Waals surface area contributed by atoms with Gasteiger partial charge in [0, 0.05) is 31.5 Å². The SMILES string of the molecule is O=C(c1ccc2ccccc2n1)N1CCC(c2nc(CCOCC3CC3)no2)C1. The van der Waals surface area contributed by atoms with Crippen LogP contribution in [0.25, 0.3) is 10.9 Å². The molecular formula is C22H24N4O3. The van der Waals surface area contributed by atoms with Gasteiger partial charge in [0.15, 0.2) is 5.82 Å². The van der Waals surface area contributed by atoms with Crippen LogP contribution in [0.3, 0.4) is 0 Å². The Morgan fingerprint density at radius 3 is 2.93 bits per heavy atom. The number of para-hydroxylation sites is 1. The van der Waals surface area contributed by atoms with Gasteiger partial charge in [0.1, 0.15) is 5.69 Å². The van der Waals surface area contributed by atoms with Crippen molar-refractivity contribution in [2.75, 3.05) is 26.3 Å². The molecule has 0 bridgehead atoms. The highest BCUT2D eigenvalue weighted by Gasteiger charge is 2.32. The maximum atomic E-state index is 12.9. The number of carbonyl (C=O) groups excluding carboxylic acids is 1. The lowest BCUT2D eigenvalue weighted by Crippen LogP contribution is -2.29. The predicted molar refractivity (Wildman–Crippen MR) is 107 cm³/mol. The molecule has 150 valence electrons. The summed E-state index contributed by atoms with van der Waals surface area (Å²) in [6, 6.07) is 11.6. The van der Waals surface area contributed by atoms with Crippen molar-refractivity contribution < 1.29 is 14.1 Å². The number of hydrogen-bond acceptors (Lipinski definition) is 6. The molecule has 1 aliphatic carbocycles. The van der Waals surface area contributed by atoms with E-state index in [2.05, 4.69) is 15.1 Å². The Kier molecular flexibility index (Phi) is 4.97. The van der Waals surface area contributed by atoms with Crippen LogP contribution in [0.5, 0.6) is 0 Å². The van der Waals surface area contributed by atoms with Gasteiger partial charge in [-0.3, -0.25) is 4.79 Å². The number of pyridine rings is 1. The van der Waals surface area contributed by atoms with Crippen LogP contribution in [0.2, 0.25) is 0 Å². The molecule has 0 spiro atoms. The van der Waals surface area contributed by atoms with Crippen LogP contribution in [0, 0.1) is 5.92 Å². The van der Waals surface area contributed by atoms with E-state index < -0.39 is 0 Å². The molecule has 1 atom stereocenters. The average molecular weight is 392 g/mol. The molecule has 1 aromatic carbocycles. The van der Waals surface area contributed by atoms with Crippen molar-refractivity contribution >= 4 is 16.8 Å². The summed E-state index contributed by atoms with van der Waals surface area (Å²) in [6.07, 6.45) is 4.06. The second kappa shape index (κ2) is 7.91. The summed E-state index contributed by atoms with van der Waals surface area (Å²) in [4.78, 5) is 23.8. The van der Waals surface area contributed by atoms with E-state index >= 15 is 0 Å². The van der Waals surface area contributed by atoms with Gasteiger partial charge < -0.3 is 14.2 Å². The zero-order valence-corrected chi connectivity index (χ0v) is 16.3. The molecule has 5 rings (SSSR count). The van der Waals surface area contributed by atoms with Gasteiger partial charge in [-0.25, -0.2) is 4.98 Å². The molecule has 1 saturated heterocycles. The molecule has 2 aliphatic rings. The fourth-order valence-corrected chi connectivity index (χ4v) is 3.73. The van der Waals surface area contributed by atoms with Crippen LogP contribution >= 0.6 is 0 Å². The second-order valence-corrected chi connectivity index (χ2v) is 7.94. The van der Waals surface area contributed by atoms with Crippen molar-refractivity contribution in [2.45, 2.75) is 31.6 Å². The standard InChI is InChI=1S/C22H24N4O3/c27-22(19-8-7-16-3-1-2-4-18(16)23-19)26-11-9-17(13-26)21-24-20(25-29-21)10-12-28-14-15-5-6-15/h1-4,7-8,15,17H,5-6,9-14H2. The van der Waals surface area contributed by atoms with Crippen molar-refractivity contribution in [1.29, 1.82) is 0 Å². The topological polar surface area (TPSA) is 81.4 Å². The van der Waals surface area contributed by atoms with Gasteiger partial charge in [0.25, 0.3) is 5.91 Å². The zero-order valence-electron chi connectivity index (χ0n) is 16.3. The fourth-order valence-electron chi connectivity index (χ4n) is 3.73. The van der Waals surface area contributed by atoms with Gasteiger partial charge in [-0.05, 0) is 37.3 Å². The molecule has 7 heteroatoms. The Morgan fingerprint density at radius 2 is 2.03 bits per heavy atom. The molecule has 3 heterocycles. The van der Waals surface area contributed by atoms with Crippen LogP contribution in [0.15, 0.2) is 40.9 Å². The van der Waals surface area contributed by atoms with Gasteiger partial charge in [0.2, 0.25) is 5.89 Å². The van der Waals surface area contributed by atoms with E-state index in [4.69, 9.17) is 9.26 Å². The molecule has 0 N–H and O–H groups in total. The summed E-state index contributed by atoms with van der Waals surface area (Å²) in [5.41, 5.74) is 1.31. The third-order valence-electron chi connectivity index (χ3n) is 5.65. The van der Waals surface area contributed by atoms with Crippen LogP contribution in [0.4, 0.5) is 0 Å². The summed E-state index contributed by atoms with van der Waals surface area (Å²) in [5, 5.41) is 5.10. The number of amides is 1. The van der Waals surface area contributed by atoms with Crippen LogP contribution in [0.1, 0.15) is 47.4 Å². The number of ether oxygens (including phenoxy) is 1. The summed E-state index contributed by atoms with van der Waals surface area (Å²) >= 11 is 0. The van der Waals surface area contributed by atoms with Gasteiger partial charge in [-0.2, -0.15) is 4.98 Å². The minimum atomic E-state index is -0.0496. The summed E-state index contributed by atoms with van der Waals surface area (Å²) < 4.78 is 11.1. The number of fused-ring (bicyclic) bond motifs is 1. The molecule has 29 heavy (non-hydrogen) atoms. The minimum absolute atomic E-state index is 0.0496. The molecule has 1 unspecified atom stereocenters. The first-order valence-corrected chi connectivity index (χ1v) is 10.3. The largest absolute Gasteiger partial charge is 0.381 e. The number of carbonyl (C=O) groups is 1. The molecule has 1 saturated carbocycles. The van der Waals surface area contributed by atoms with Crippen molar-refractivity contribution in [3.8, 4) is 0 Å². The lowest BCUT2D eigenvalue weighted by atomic mass is 10.1. The van der Waals surface area contributed by atoms with Gasteiger partial charge in [0.05, 0.1) is 18.0 Å². The maximum absolute atomic E-state index is 12.9. The Balaban J connectivity index is 1.18. The molecule has 1 aliphatic heterocycles. The van der Waals surface area contributed by atoms with Crippen molar-refractivity contribution in [1.82, 2.24) is 20.0 Å². The van der Waals surface area contributed by atoms with Gasteiger partial charge >= 0.3 is 0 Å². The number of hydrogen-bond donors (Lipinski definition) is 0. The Morgan fingerprint density at radius 1 is 1.14 bits per heavy atom. The first kappa shape index (κ1) is 18.2. The number of rotatable bonds is 7. The normalized spacial score (nSPS) is 19.2. The van der Waals surface area contributed by atoms with Gasteiger partial charge in [-0.15, -0.1) is 0 Å². The molecule has 0 radical (unpaired) electrons. The highest BCUT2D eigenvalue weighted by Crippen LogP contribution is 2.29. The third-order valence-corrected chi connectivity index (χ3v) is 5.65. The molecule has 3 aromatic rings. The lowest BCUT2D eigenvalue weighted by Gasteiger charge is -2.15. The van der Waals surface area contributed by atoms with E-state index in [0.29, 0.717) is 43.5 Å². The Labute approximate surface area is 169 Å². The molecule has 7 nitrogen and oxygen atoms in total. The highest BCUT2D eigenvalue weighted by atomic mass is 16.5. The summed E-state index contributed by atoms with van der Waals surface area (Å²) in [6.45, 7) is 2.71. The predicted octanol–water partition coefficient (Wildman–Crippen LogP) is 3.22. The molecule has 2 fully saturated rings. The molecule has 2 aromatic heterocycles. The zero-order chi connectivity index (χ0) is 19.6. The average Bonchev–Trinajstić information content (AvgIpc) is 3.25. The summed E-state index contributed by atoms with van der Waals surface area (Å²) in [5.74, 6) is 2.08. The monoisotopic (exact) mass is 392 g/mol. The maximum Gasteiger partial charge on any atom is 0.272 e. The highest BCUT2D eigenvalue weighted by molar-refractivity contribution is 5.95. The summed E-state index contributed by atoms with van der Waals surface area (Å²) in [7, 11) is 0. The fraction of sp³-hybridized carbons (Fsp3) is 0.455. The van der Waals surface area contributed by atoms with Crippen molar-refractivity contribution in [2.24, 2.45) is 5.92 Å². The molecular weight excluding hydrogens is 368 g/mol. The van der Waals surface area contributed by atoms with E-state index in [9.17, 15) is 4.79 Å². The smallest absolute Gasteiger partial charge is 0.272 e. The van der Waals surface area contributed by atoms with Gasteiger partial charge in [-0.1, -0.05) is 29.4 Å². The van der Waals surface area contributed by atoms with Crippen LogP contribution in [-0.2, 0) is 11.2 Å². The number of nitrogens with zero attached hydrogens (tertiary/aromatic N) is 4. The lowest BCUT2D eigenvalue weighted by molar-refractivity contribution is 0.0784. The first-order valence-electron chi connectivity index (χ1n) is 10.3. The number of likely N-dealkylation sites (tertiary alicyclic amines) is 1. The van der Waals surface area contributed by atoms with E-state index in [1.807, 2.05) is 35.2 Å². The molecule has 1 amide bonds. The number of benzene rings is 1. The quantitative estimate of drug-likeness (QED) is 0.574. The van der Waals surface area contributed by atoms with E-state index in [0.717, 1.165) is 29.8 Å². The Bertz CT molecular complexity index is 1010. The Hall–Kier alpha value is -2.80. The van der Waals surface area contributed by atoms with E-state index in [1.54, 1.807) is 6.07 Å². The first-order chi connectivity index (χ1) is 14.3. The van der Waals surface area contributed by atoms with Crippen molar-refractivity contribution in [3.05, 3.63) is 53.8 Å². The van der Waals surface area contributed by atoms with Crippen LogP contribution < -0.4 is 0 Å². The van der Waals surface area contributed by atoms with Crippen LogP contribution in [-0.4, -0.2) is 52.2 Å². The number of aromatic nitrogens is 3. The minimum Gasteiger partial charge on any atom is -0.381 e. The second-order valence-electron chi connectivity index (χ2n) is 7.94. The van der Waals surface area contributed by atoms with Crippen molar-refractivity contribution in [3.63, 3.8) is 0 Å².